The molecule has 1 aromatic heterocycles. The Morgan fingerprint density at radius 2 is 2.11 bits per heavy atom. The molecule has 18 heavy (non-hydrogen) atoms. The number of H-pyrrole nitrogens is 1. The number of hydrogen-bond acceptors (Lipinski definition) is 2. The molecule has 1 aromatic carbocycles. The summed E-state index contributed by atoms with van der Waals surface area (Å²) in [7, 11) is 2.22. The molecular formula is C15H21N3. The van der Waals surface area contributed by atoms with E-state index in [0.717, 1.165) is 19.6 Å². The molecule has 3 heteroatoms. The SMILES string of the molecule is Cc1cc(C)c2[nH]cc(C3CNCCN3C)c2c1. The lowest BCUT2D eigenvalue weighted by Gasteiger charge is -2.33. The van der Waals surface area contributed by atoms with Crippen LogP contribution in [0.15, 0.2) is 18.3 Å². The Balaban J connectivity index is 2.11. The molecule has 0 amide bonds. The Morgan fingerprint density at radius 3 is 2.89 bits per heavy atom. The lowest BCUT2D eigenvalue weighted by Crippen LogP contribution is -2.43. The third-order valence-corrected chi connectivity index (χ3v) is 4.03. The highest BCUT2D eigenvalue weighted by atomic mass is 15.2. The highest BCUT2D eigenvalue weighted by molar-refractivity contribution is 5.87. The van der Waals surface area contributed by atoms with Gasteiger partial charge in [-0.25, -0.2) is 0 Å². The van der Waals surface area contributed by atoms with Crippen molar-refractivity contribution in [2.75, 3.05) is 26.7 Å². The van der Waals surface area contributed by atoms with Gasteiger partial charge in [0.2, 0.25) is 0 Å². The number of aryl methyl sites for hydroxylation is 2. The van der Waals surface area contributed by atoms with Crippen LogP contribution in [0, 0.1) is 13.8 Å². The van der Waals surface area contributed by atoms with Crippen LogP contribution < -0.4 is 5.32 Å². The van der Waals surface area contributed by atoms with E-state index in [0.29, 0.717) is 6.04 Å². The van der Waals surface area contributed by atoms with E-state index in [9.17, 15) is 0 Å². The molecule has 0 bridgehead atoms. The van der Waals surface area contributed by atoms with Crippen LogP contribution >= 0.6 is 0 Å². The Hall–Kier alpha value is -1.32. The van der Waals surface area contributed by atoms with Gasteiger partial charge in [0.05, 0.1) is 0 Å². The fourth-order valence-corrected chi connectivity index (χ4v) is 3.04. The van der Waals surface area contributed by atoms with Crippen molar-refractivity contribution >= 4 is 10.9 Å². The second-order valence-corrected chi connectivity index (χ2v) is 5.45. The summed E-state index contributed by atoms with van der Waals surface area (Å²) in [5, 5.41) is 4.87. The lowest BCUT2D eigenvalue weighted by molar-refractivity contribution is 0.203. The number of piperazine rings is 1. The highest BCUT2D eigenvalue weighted by Gasteiger charge is 2.23. The van der Waals surface area contributed by atoms with Crippen molar-refractivity contribution in [2.24, 2.45) is 0 Å². The van der Waals surface area contributed by atoms with E-state index in [-0.39, 0.29) is 0 Å². The van der Waals surface area contributed by atoms with Crippen LogP contribution in [0.25, 0.3) is 10.9 Å². The van der Waals surface area contributed by atoms with E-state index < -0.39 is 0 Å². The first kappa shape index (κ1) is 11.8. The first-order chi connectivity index (χ1) is 8.66. The summed E-state index contributed by atoms with van der Waals surface area (Å²) in [4.78, 5) is 5.89. The smallest absolute Gasteiger partial charge is 0.0491 e. The third kappa shape index (κ3) is 1.84. The van der Waals surface area contributed by atoms with Crippen LogP contribution in [0.1, 0.15) is 22.7 Å². The largest absolute Gasteiger partial charge is 0.361 e. The fourth-order valence-electron chi connectivity index (χ4n) is 3.04. The van der Waals surface area contributed by atoms with Crippen molar-refractivity contribution in [2.45, 2.75) is 19.9 Å². The minimum atomic E-state index is 0.480. The molecular weight excluding hydrogens is 222 g/mol. The molecule has 1 atom stereocenters. The molecule has 2 aromatic rings. The highest BCUT2D eigenvalue weighted by Crippen LogP contribution is 2.30. The van der Waals surface area contributed by atoms with Crippen LogP contribution in [0.3, 0.4) is 0 Å². The monoisotopic (exact) mass is 243 g/mol. The zero-order valence-electron chi connectivity index (χ0n) is 11.4. The summed E-state index contributed by atoms with van der Waals surface area (Å²) in [6.07, 6.45) is 2.19. The standard InChI is InChI=1S/C15H21N3/c1-10-6-11(2)15-12(7-10)13(8-17-15)14-9-16-4-5-18(14)3/h6-8,14,16-17H,4-5,9H2,1-3H3. The first-order valence-electron chi connectivity index (χ1n) is 6.66. The van der Waals surface area contributed by atoms with Crippen molar-refractivity contribution in [1.82, 2.24) is 15.2 Å². The number of likely N-dealkylation sites (N-methyl/N-ethyl adjacent to an activating group) is 1. The van der Waals surface area contributed by atoms with Crippen molar-refractivity contribution in [3.05, 3.63) is 35.0 Å². The van der Waals surface area contributed by atoms with Crippen LogP contribution in [-0.4, -0.2) is 36.6 Å². The van der Waals surface area contributed by atoms with Gasteiger partial charge in [0.1, 0.15) is 0 Å². The molecule has 1 unspecified atom stereocenters. The van der Waals surface area contributed by atoms with E-state index in [1.165, 1.54) is 27.6 Å². The second-order valence-electron chi connectivity index (χ2n) is 5.45. The molecule has 1 aliphatic rings. The third-order valence-electron chi connectivity index (χ3n) is 4.03. The molecule has 1 fully saturated rings. The number of fused-ring (bicyclic) bond motifs is 1. The summed E-state index contributed by atoms with van der Waals surface area (Å²) in [6.45, 7) is 7.59. The quantitative estimate of drug-likeness (QED) is 0.805. The van der Waals surface area contributed by atoms with Gasteiger partial charge in [0.15, 0.2) is 0 Å². The molecule has 0 radical (unpaired) electrons. The lowest BCUT2D eigenvalue weighted by atomic mass is 10.00. The Kier molecular flexibility index (Phi) is 2.88. The molecule has 0 saturated carbocycles. The predicted molar refractivity (Wildman–Crippen MR) is 76.0 cm³/mol. The number of benzene rings is 1. The van der Waals surface area contributed by atoms with Gasteiger partial charge < -0.3 is 10.3 Å². The number of hydrogen-bond donors (Lipinski definition) is 2. The normalized spacial score (nSPS) is 21.6. The predicted octanol–water partition coefficient (Wildman–Crippen LogP) is 2.36. The minimum absolute atomic E-state index is 0.480. The number of aromatic nitrogens is 1. The second kappa shape index (κ2) is 4.41. The average molecular weight is 243 g/mol. The summed E-state index contributed by atoms with van der Waals surface area (Å²) >= 11 is 0. The van der Waals surface area contributed by atoms with E-state index in [4.69, 9.17) is 0 Å². The molecule has 2 heterocycles. The number of rotatable bonds is 1. The van der Waals surface area contributed by atoms with Gasteiger partial charge in [-0.15, -0.1) is 0 Å². The fraction of sp³-hybridized carbons (Fsp3) is 0.467. The molecule has 1 aliphatic heterocycles. The maximum Gasteiger partial charge on any atom is 0.0491 e. The number of nitrogens with one attached hydrogen (secondary N) is 2. The number of nitrogens with zero attached hydrogens (tertiary/aromatic N) is 1. The van der Waals surface area contributed by atoms with Gasteiger partial charge >= 0.3 is 0 Å². The zero-order chi connectivity index (χ0) is 12.7. The van der Waals surface area contributed by atoms with Crippen molar-refractivity contribution in [1.29, 1.82) is 0 Å². The summed E-state index contributed by atoms with van der Waals surface area (Å²) in [5.41, 5.74) is 5.39. The topological polar surface area (TPSA) is 31.1 Å². The van der Waals surface area contributed by atoms with Crippen molar-refractivity contribution < 1.29 is 0 Å². The summed E-state index contributed by atoms with van der Waals surface area (Å²) in [5.74, 6) is 0. The van der Waals surface area contributed by atoms with Crippen LogP contribution in [0.5, 0.6) is 0 Å². The molecule has 0 spiro atoms. The summed E-state index contributed by atoms with van der Waals surface area (Å²) < 4.78 is 0. The van der Waals surface area contributed by atoms with Crippen molar-refractivity contribution in [3.8, 4) is 0 Å². The van der Waals surface area contributed by atoms with Gasteiger partial charge in [-0.3, -0.25) is 4.90 Å². The average Bonchev–Trinajstić information content (AvgIpc) is 2.73. The van der Waals surface area contributed by atoms with Gasteiger partial charge in [0.25, 0.3) is 0 Å². The van der Waals surface area contributed by atoms with Crippen LogP contribution in [-0.2, 0) is 0 Å². The van der Waals surface area contributed by atoms with Gasteiger partial charge in [-0.1, -0.05) is 11.6 Å². The van der Waals surface area contributed by atoms with Crippen molar-refractivity contribution in [3.63, 3.8) is 0 Å². The van der Waals surface area contributed by atoms with E-state index in [2.05, 4.69) is 54.4 Å². The van der Waals surface area contributed by atoms with E-state index in [1.807, 2.05) is 0 Å². The first-order valence-corrected chi connectivity index (χ1v) is 6.66. The van der Waals surface area contributed by atoms with Gasteiger partial charge in [-0.2, -0.15) is 0 Å². The molecule has 3 nitrogen and oxygen atoms in total. The molecule has 3 rings (SSSR count). The molecule has 1 saturated heterocycles. The summed E-state index contributed by atoms with van der Waals surface area (Å²) in [6, 6.07) is 5.02. The van der Waals surface area contributed by atoms with Gasteiger partial charge in [-0.05, 0) is 38.1 Å². The van der Waals surface area contributed by atoms with E-state index in [1.54, 1.807) is 0 Å². The molecule has 2 N–H and O–H groups in total. The van der Waals surface area contributed by atoms with E-state index >= 15 is 0 Å². The molecule has 0 aliphatic carbocycles. The zero-order valence-corrected chi connectivity index (χ0v) is 11.4. The van der Waals surface area contributed by atoms with Gasteiger partial charge in [0, 0.05) is 42.8 Å². The maximum atomic E-state index is 3.49. The minimum Gasteiger partial charge on any atom is -0.361 e. The Morgan fingerprint density at radius 1 is 1.28 bits per heavy atom. The van der Waals surface area contributed by atoms with Crippen LogP contribution in [0.2, 0.25) is 0 Å². The van der Waals surface area contributed by atoms with Crippen LogP contribution in [0.4, 0.5) is 0 Å². The Bertz CT molecular complexity index is 570. The Labute approximate surface area is 108 Å². The number of aromatic amines is 1. The maximum absolute atomic E-state index is 3.49. The molecule has 96 valence electrons.